The molecule has 1 aromatic rings. The van der Waals surface area contributed by atoms with E-state index in [9.17, 15) is 9.90 Å². The first-order valence-corrected chi connectivity index (χ1v) is 4.13. The summed E-state index contributed by atoms with van der Waals surface area (Å²) in [6.45, 7) is 3.43. The van der Waals surface area contributed by atoms with Gasteiger partial charge in [0.15, 0.2) is 11.9 Å². The maximum atomic E-state index is 10.4. The molecule has 0 aliphatic heterocycles. The maximum Gasteiger partial charge on any atom is 0.156 e. The molecule has 1 atom stereocenters. The molecule has 1 unspecified atom stereocenters. The Bertz CT molecular complexity index is 263. The third-order valence-corrected chi connectivity index (χ3v) is 2.70. The molecule has 11 heavy (non-hydrogen) atoms. The van der Waals surface area contributed by atoms with Crippen LogP contribution in [-0.2, 0) is 10.4 Å². The molecule has 60 valence electrons. The number of thiophene rings is 1. The Morgan fingerprint density at radius 1 is 1.64 bits per heavy atom. The fraction of sp³-hybridized carbons (Fsp3) is 0.375. The number of hydrogen-bond acceptors (Lipinski definition) is 3. The second-order valence-corrected chi connectivity index (χ2v) is 3.96. The molecule has 0 spiro atoms. The van der Waals surface area contributed by atoms with Crippen LogP contribution >= 0.6 is 11.3 Å². The van der Waals surface area contributed by atoms with Crippen molar-refractivity contribution in [1.29, 1.82) is 0 Å². The van der Waals surface area contributed by atoms with Crippen molar-refractivity contribution in [2.75, 3.05) is 0 Å². The molecule has 0 aliphatic carbocycles. The Labute approximate surface area is 69.5 Å². The van der Waals surface area contributed by atoms with Crippen LogP contribution in [0.3, 0.4) is 0 Å². The summed E-state index contributed by atoms with van der Waals surface area (Å²) in [6, 6.07) is 3.66. The average Bonchev–Trinajstić information content (AvgIpc) is 2.36. The molecule has 0 amide bonds. The minimum Gasteiger partial charge on any atom is -0.377 e. The molecule has 3 heteroatoms. The zero-order chi connectivity index (χ0) is 8.48. The van der Waals surface area contributed by atoms with Crippen molar-refractivity contribution >= 4 is 17.6 Å². The number of hydrogen-bond donors (Lipinski definition) is 1. The lowest BCUT2D eigenvalue weighted by Crippen LogP contribution is -2.20. The number of aryl methyl sites for hydroxylation is 1. The number of rotatable bonds is 2. The van der Waals surface area contributed by atoms with Crippen LogP contribution in [0.5, 0.6) is 0 Å². The van der Waals surface area contributed by atoms with Crippen molar-refractivity contribution in [3.8, 4) is 0 Å². The van der Waals surface area contributed by atoms with Crippen LogP contribution in [0.4, 0.5) is 0 Å². The molecule has 0 saturated heterocycles. The predicted molar refractivity (Wildman–Crippen MR) is 44.7 cm³/mol. The molecule has 2 nitrogen and oxygen atoms in total. The van der Waals surface area contributed by atoms with E-state index in [4.69, 9.17) is 0 Å². The number of aldehydes is 1. The molecule has 1 heterocycles. The first kappa shape index (κ1) is 8.43. The largest absolute Gasteiger partial charge is 0.377 e. The zero-order valence-corrected chi connectivity index (χ0v) is 7.31. The first-order valence-electron chi connectivity index (χ1n) is 3.32. The summed E-state index contributed by atoms with van der Waals surface area (Å²) in [5.41, 5.74) is -1.31. The van der Waals surface area contributed by atoms with E-state index in [1.807, 2.05) is 13.0 Å². The van der Waals surface area contributed by atoms with Crippen LogP contribution in [0.15, 0.2) is 12.1 Å². The monoisotopic (exact) mass is 170 g/mol. The molecule has 0 radical (unpaired) electrons. The molecule has 0 aromatic carbocycles. The van der Waals surface area contributed by atoms with Gasteiger partial charge >= 0.3 is 0 Å². The maximum absolute atomic E-state index is 10.4. The molecule has 0 aliphatic rings. The summed E-state index contributed by atoms with van der Waals surface area (Å²) in [5, 5.41) is 9.45. The van der Waals surface area contributed by atoms with Crippen molar-refractivity contribution in [2.24, 2.45) is 0 Å². The van der Waals surface area contributed by atoms with Crippen LogP contribution in [0.1, 0.15) is 16.7 Å². The molecule has 1 N–H and O–H groups in total. The van der Waals surface area contributed by atoms with E-state index in [1.165, 1.54) is 18.3 Å². The Kier molecular flexibility index (Phi) is 2.11. The summed E-state index contributed by atoms with van der Waals surface area (Å²) >= 11 is 1.44. The fourth-order valence-electron chi connectivity index (χ4n) is 0.765. The van der Waals surface area contributed by atoms with Crippen molar-refractivity contribution in [3.05, 3.63) is 21.9 Å². The van der Waals surface area contributed by atoms with Crippen LogP contribution < -0.4 is 0 Å². The summed E-state index contributed by atoms with van der Waals surface area (Å²) in [4.78, 5) is 12.2. The van der Waals surface area contributed by atoms with Crippen LogP contribution in [0.25, 0.3) is 0 Å². The molecule has 1 aromatic heterocycles. The van der Waals surface area contributed by atoms with Crippen LogP contribution in [0.2, 0.25) is 0 Å². The third kappa shape index (κ3) is 1.67. The van der Waals surface area contributed by atoms with Gasteiger partial charge in [0, 0.05) is 9.75 Å². The zero-order valence-electron chi connectivity index (χ0n) is 6.50. The van der Waals surface area contributed by atoms with Gasteiger partial charge in [0.2, 0.25) is 0 Å². The lowest BCUT2D eigenvalue weighted by atomic mass is 10.1. The molecular formula is C8H10O2S. The van der Waals surface area contributed by atoms with Crippen molar-refractivity contribution in [2.45, 2.75) is 19.4 Å². The van der Waals surface area contributed by atoms with Crippen LogP contribution in [0, 0.1) is 6.92 Å². The van der Waals surface area contributed by atoms with E-state index in [2.05, 4.69) is 0 Å². The number of aliphatic hydroxyl groups is 1. The highest BCUT2D eigenvalue weighted by Gasteiger charge is 2.23. The number of carbonyl (C=O) groups excluding carboxylic acids is 1. The summed E-state index contributed by atoms with van der Waals surface area (Å²) in [5.74, 6) is 0. The second-order valence-electron chi connectivity index (χ2n) is 2.68. The van der Waals surface area contributed by atoms with E-state index in [-0.39, 0.29) is 0 Å². The standard InChI is InChI=1S/C8H10O2S/c1-6-3-4-7(11-6)8(2,10)5-9/h3-5,10H,1-2H3. The smallest absolute Gasteiger partial charge is 0.156 e. The van der Waals surface area contributed by atoms with Gasteiger partial charge in [-0.2, -0.15) is 0 Å². The quantitative estimate of drug-likeness (QED) is 0.682. The predicted octanol–water partition coefficient (Wildman–Crippen LogP) is 1.46. The SMILES string of the molecule is Cc1ccc(C(C)(O)C=O)s1. The topological polar surface area (TPSA) is 37.3 Å². The van der Waals surface area contributed by atoms with Gasteiger partial charge in [-0.1, -0.05) is 0 Å². The van der Waals surface area contributed by atoms with E-state index < -0.39 is 5.60 Å². The van der Waals surface area contributed by atoms with Gasteiger partial charge in [-0.3, -0.25) is 4.79 Å². The average molecular weight is 170 g/mol. The first-order chi connectivity index (χ1) is 5.06. The normalized spacial score (nSPS) is 15.9. The Hall–Kier alpha value is -0.670. The Balaban J connectivity index is 3.01. The second kappa shape index (κ2) is 2.75. The molecule has 0 saturated carbocycles. The van der Waals surface area contributed by atoms with Crippen molar-refractivity contribution in [3.63, 3.8) is 0 Å². The van der Waals surface area contributed by atoms with Gasteiger partial charge in [-0.15, -0.1) is 11.3 Å². The minimum atomic E-state index is -1.31. The Morgan fingerprint density at radius 3 is 2.64 bits per heavy atom. The fourth-order valence-corrected chi connectivity index (χ4v) is 1.64. The van der Waals surface area contributed by atoms with E-state index in [0.717, 1.165) is 4.88 Å². The molecule has 1 rings (SSSR count). The van der Waals surface area contributed by atoms with Crippen molar-refractivity contribution in [1.82, 2.24) is 0 Å². The van der Waals surface area contributed by atoms with Gasteiger partial charge in [0.1, 0.15) is 0 Å². The van der Waals surface area contributed by atoms with E-state index in [1.54, 1.807) is 6.07 Å². The van der Waals surface area contributed by atoms with Gasteiger partial charge in [0.05, 0.1) is 0 Å². The van der Waals surface area contributed by atoms with Gasteiger partial charge in [-0.05, 0) is 26.0 Å². The summed E-state index contributed by atoms with van der Waals surface area (Å²) in [6.07, 6.45) is 0.554. The third-order valence-electron chi connectivity index (χ3n) is 1.47. The number of carbonyl (C=O) groups is 1. The highest BCUT2D eigenvalue weighted by Crippen LogP contribution is 2.25. The highest BCUT2D eigenvalue weighted by molar-refractivity contribution is 7.12. The van der Waals surface area contributed by atoms with E-state index >= 15 is 0 Å². The van der Waals surface area contributed by atoms with Gasteiger partial charge in [-0.25, -0.2) is 0 Å². The Morgan fingerprint density at radius 2 is 2.27 bits per heavy atom. The molecular weight excluding hydrogens is 160 g/mol. The molecule has 0 bridgehead atoms. The summed E-state index contributed by atoms with van der Waals surface area (Å²) < 4.78 is 0. The van der Waals surface area contributed by atoms with E-state index in [0.29, 0.717) is 11.2 Å². The van der Waals surface area contributed by atoms with Crippen molar-refractivity contribution < 1.29 is 9.90 Å². The molecule has 0 fully saturated rings. The van der Waals surface area contributed by atoms with Gasteiger partial charge < -0.3 is 5.11 Å². The van der Waals surface area contributed by atoms with Gasteiger partial charge in [0.25, 0.3) is 0 Å². The van der Waals surface area contributed by atoms with Crippen LogP contribution in [-0.4, -0.2) is 11.4 Å². The lowest BCUT2D eigenvalue weighted by molar-refractivity contribution is -0.122. The summed E-state index contributed by atoms with van der Waals surface area (Å²) in [7, 11) is 0. The lowest BCUT2D eigenvalue weighted by Gasteiger charge is -2.11. The highest BCUT2D eigenvalue weighted by atomic mass is 32.1. The minimum absolute atomic E-state index is 0.554.